The van der Waals surface area contributed by atoms with E-state index in [0.717, 1.165) is 12.1 Å². The number of rotatable bonds is 5. The molecule has 0 unspecified atom stereocenters. The topological polar surface area (TPSA) is 58.6 Å². The van der Waals surface area contributed by atoms with E-state index < -0.39 is 23.6 Å². The van der Waals surface area contributed by atoms with Crippen molar-refractivity contribution < 1.29 is 27.5 Å². The molecule has 0 bridgehead atoms. The molecule has 2 amide bonds. The van der Waals surface area contributed by atoms with E-state index in [2.05, 4.69) is 5.32 Å². The number of nitrogens with zero attached hydrogens (tertiary/aromatic N) is 1. The normalized spacial score (nSPS) is 16.8. The quantitative estimate of drug-likeness (QED) is 0.770. The minimum atomic E-state index is -4.52. The number of nitrogens with one attached hydrogen (secondary N) is 1. The van der Waals surface area contributed by atoms with Gasteiger partial charge in [-0.15, -0.1) is 0 Å². The second-order valence-corrected chi connectivity index (χ2v) is 7.12. The number of likely N-dealkylation sites (tertiary alicyclic amines) is 1. The van der Waals surface area contributed by atoms with E-state index in [1.54, 1.807) is 24.3 Å². The van der Waals surface area contributed by atoms with Crippen LogP contribution in [0.1, 0.15) is 35.7 Å². The highest BCUT2D eigenvalue weighted by atomic mass is 19.4. The molecule has 1 heterocycles. The smallest absolute Gasteiger partial charge is 0.416 e. The number of hydrogen-bond donors (Lipinski definition) is 1. The zero-order valence-electron chi connectivity index (χ0n) is 16.5. The number of carbonyl (C=O) groups excluding carboxylic acids is 2. The lowest BCUT2D eigenvalue weighted by molar-refractivity contribution is -0.137. The van der Waals surface area contributed by atoms with Gasteiger partial charge < -0.3 is 15.0 Å². The minimum absolute atomic E-state index is 0.0302. The number of alkyl halides is 3. The van der Waals surface area contributed by atoms with Crippen molar-refractivity contribution in [1.82, 2.24) is 4.90 Å². The molecule has 3 rings (SSSR count). The van der Waals surface area contributed by atoms with Crippen LogP contribution in [0.25, 0.3) is 0 Å². The van der Waals surface area contributed by atoms with Gasteiger partial charge in [-0.1, -0.05) is 6.07 Å². The zero-order chi connectivity index (χ0) is 21.7. The summed E-state index contributed by atoms with van der Waals surface area (Å²) in [6.07, 6.45) is -3.31. The van der Waals surface area contributed by atoms with E-state index in [1.165, 1.54) is 17.0 Å². The Morgan fingerprint density at radius 1 is 1.17 bits per heavy atom. The predicted molar refractivity (Wildman–Crippen MR) is 106 cm³/mol. The number of benzene rings is 2. The lowest BCUT2D eigenvalue weighted by Gasteiger charge is -2.32. The van der Waals surface area contributed by atoms with Gasteiger partial charge in [0.1, 0.15) is 5.75 Å². The highest BCUT2D eigenvalue weighted by molar-refractivity contribution is 5.96. The predicted octanol–water partition coefficient (Wildman–Crippen LogP) is 4.60. The second kappa shape index (κ2) is 9.19. The zero-order valence-corrected chi connectivity index (χ0v) is 16.5. The molecule has 1 fully saturated rings. The molecule has 1 aliphatic heterocycles. The summed E-state index contributed by atoms with van der Waals surface area (Å²) >= 11 is 0. The van der Waals surface area contributed by atoms with Crippen LogP contribution >= 0.6 is 0 Å². The van der Waals surface area contributed by atoms with Crippen molar-refractivity contribution in [1.29, 1.82) is 0 Å². The lowest BCUT2D eigenvalue weighted by atomic mass is 9.96. The van der Waals surface area contributed by atoms with Gasteiger partial charge >= 0.3 is 6.18 Å². The van der Waals surface area contributed by atoms with E-state index in [-0.39, 0.29) is 18.0 Å². The fourth-order valence-electron chi connectivity index (χ4n) is 3.43. The van der Waals surface area contributed by atoms with Crippen molar-refractivity contribution in [3.63, 3.8) is 0 Å². The SMILES string of the molecule is CCOc1ccc(NC(=O)[C@H]2CCCN(C(=O)c3cccc(C(F)(F)F)c3)C2)cc1. The van der Waals surface area contributed by atoms with Crippen LogP contribution in [0.4, 0.5) is 18.9 Å². The summed E-state index contributed by atoms with van der Waals surface area (Å²) < 4.78 is 44.2. The van der Waals surface area contributed by atoms with Gasteiger partial charge in [-0.25, -0.2) is 0 Å². The number of piperidine rings is 1. The Balaban J connectivity index is 1.64. The third-order valence-corrected chi connectivity index (χ3v) is 4.95. The van der Waals surface area contributed by atoms with Crippen LogP contribution in [0, 0.1) is 5.92 Å². The minimum Gasteiger partial charge on any atom is -0.494 e. The highest BCUT2D eigenvalue weighted by Crippen LogP contribution is 2.30. The van der Waals surface area contributed by atoms with Crippen molar-refractivity contribution in [3.05, 3.63) is 59.7 Å². The van der Waals surface area contributed by atoms with Crippen molar-refractivity contribution >= 4 is 17.5 Å². The van der Waals surface area contributed by atoms with Gasteiger partial charge in [0.25, 0.3) is 5.91 Å². The van der Waals surface area contributed by atoms with Gasteiger partial charge in [0.2, 0.25) is 5.91 Å². The molecule has 30 heavy (non-hydrogen) atoms. The highest BCUT2D eigenvalue weighted by Gasteiger charge is 2.33. The fraction of sp³-hybridized carbons (Fsp3) is 0.364. The molecule has 160 valence electrons. The van der Waals surface area contributed by atoms with Crippen LogP contribution in [0.15, 0.2) is 48.5 Å². The summed E-state index contributed by atoms with van der Waals surface area (Å²) in [5.74, 6) is -0.452. The van der Waals surface area contributed by atoms with Crippen LogP contribution in [-0.2, 0) is 11.0 Å². The van der Waals surface area contributed by atoms with Gasteiger partial charge in [-0.05, 0) is 62.2 Å². The number of carbonyl (C=O) groups is 2. The first-order valence-corrected chi connectivity index (χ1v) is 9.78. The number of anilines is 1. The first-order chi connectivity index (χ1) is 14.3. The Morgan fingerprint density at radius 2 is 1.90 bits per heavy atom. The van der Waals surface area contributed by atoms with E-state index in [0.29, 0.717) is 37.4 Å². The Labute approximate surface area is 172 Å². The van der Waals surface area contributed by atoms with Crippen molar-refractivity contribution in [2.75, 3.05) is 25.0 Å². The average molecular weight is 420 g/mol. The molecule has 0 saturated carbocycles. The summed E-state index contributed by atoms with van der Waals surface area (Å²) in [5.41, 5.74) is -0.280. The number of halogens is 3. The second-order valence-electron chi connectivity index (χ2n) is 7.12. The lowest BCUT2D eigenvalue weighted by Crippen LogP contribution is -2.43. The van der Waals surface area contributed by atoms with Crippen LogP contribution in [0.5, 0.6) is 5.75 Å². The standard InChI is InChI=1S/C22H23F3N2O3/c1-2-30-19-10-8-18(9-11-19)26-20(28)16-6-4-12-27(14-16)21(29)15-5-3-7-17(13-15)22(23,24)25/h3,5,7-11,13,16H,2,4,6,12,14H2,1H3,(H,26,28)/t16-/m0/s1. The summed E-state index contributed by atoms with van der Waals surface area (Å²) in [5, 5.41) is 2.83. The Bertz CT molecular complexity index is 897. The summed E-state index contributed by atoms with van der Waals surface area (Å²) in [7, 11) is 0. The molecule has 0 spiro atoms. The molecule has 1 atom stereocenters. The average Bonchev–Trinajstić information content (AvgIpc) is 2.74. The van der Waals surface area contributed by atoms with E-state index in [9.17, 15) is 22.8 Å². The first-order valence-electron chi connectivity index (χ1n) is 9.78. The number of hydrogen-bond acceptors (Lipinski definition) is 3. The van der Waals surface area contributed by atoms with E-state index in [1.807, 2.05) is 6.92 Å². The van der Waals surface area contributed by atoms with Crippen LogP contribution in [0.3, 0.4) is 0 Å². The van der Waals surface area contributed by atoms with Crippen LogP contribution < -0.4 is 10.1 Å². The number of ether oxygens (including phenoxy) is 1. The summed E-state index contributed by atoms with van der Waals surface area (Å²) in [6, 6.07) is 11.3. The maximum atomic E-state index is 12.9. The largest absolute Gasteiger partial charge is 0.494 e. The molecule has 1 aliphatic rings. The molecule has 0 radical (unpaired) electrons. The fourth-order valence-corrected chi connectivity index (χ4v) is 3.43. The molecular formula is C22H23F3N2O3. The van der Waals surface area contributed by atoms with Crippen molar-refractivity contribution in [2.45, 2.75) is 25.9 Å². The third-order valence-electron chi connectivity index (χ3n) is 4.95. The monoisotopic (exact) mass is 420 g/mol. The summed E-state index contributed by atoms with van der Waals surface area (Å²) in [4.78, 5) is 26.8. The molecule has 0 aromatic heterocycles. The van der Waals surface area contributed by atoms with Crippen LogP contribution in [-0.4, -0.2) is 36.4 Å². The first kappa shape index (κ1) is 21.7. The molecule has 1 saturated heterocycles. The molecule has 1 N–H and O–H groups in total. The van der Waals surface area contributed by atoms with E-state index >= 15 is 0 Å². The summed E-state index contributed by atoms with van der Waals surface area (Å²) in [6.45, 7) is 2.99. The van der Waals surface area contributed by atoms with Gasteiger partial charge in [0.15, 0.2) is 0 Å². The Hall–Kier alpha value is -3.03. The Kier molecular flexibility index (Phi) is 6.64. The molecule has 8 heteroatoms. The van der Waals surface area contributed by atoms with Crippen LogP contribution in [0.2, 0.25) is 0 Å². The molecular weight excluding hydrogens is 397 g/mol. The molecule has 2 aromatic rings. The van der Waals surface area contributed by atoms with Gasteiger partial charge in [-0.3, -0.25) is 9.59 Å². The Morgan fingerprint density at radius 3 is 2.57 bits per heavy atom. The van der Waals surface area contributed by atoms with Crippen molar-refractivity contribution in [2.24, 2.45) is 5.92 Å². The van der Waals surface area contributed by atoms with Gasteiger partial charge in [0, 0.05) is 24.3 Å². The maximum absolute atomic E-state index is 12.9. The van der Waals surface area contributed by atoms with E-state index in [4.69, 9.17) is 4.74 Å². The van der Waals surface area contributed by atoms with Gasteiger partial charge in [0.05, 0.1) is 18.1 Å². The molecule has 2 aromatic carbocycles. The molecule has 5 nitrogen and oxygen atoms in total. The van der Waals surface area contributed by atoms with Crippen molar-refractivity contribution in [3.8, 4) is 5.75 Å². The molecule has 0 aliphatic carbocycles. The van der Waals surface area contributed by atoms with Gasteiger partial charge in [-0.2, -0.15) is 13.2 Å². The third kappa shape index (κ3) is 5.31. The number of amides is 2. The maximum Gasteiger partial charge on any atom is 0.416 e.